The molecule has 1 N–H and O–H groups in total. The van der Waals surface area contributed by atoms with Crippen LogP contribution in [0.3, 0.4) is 0 Å². The fraction of sp³-hybridized carbons (Fsp3) is 0.450. The number of hydrogen-bond donors (Lipinski definition) is 1. The highest BCUT2D eigenvalue weighted by molar-refractivity contribution is 7.12. The summed E-state index contributed by atoms with van der Waals surface area (Å²) in [6, 6.07) is 13.2. The van der Waals surface area contributed by atoms with Crippen molar-refractivity contribution in [3.63, 3.8) is 0 Å². The first-order chi connectivity index (χ1) is 11.6. The molecule has 1 unspecified atom stereocenters. The van der Waals surface area contributed by atoms with E-state index in [0.717, 1.165) is 19.4 Å². The van der Waals surface area contributed by atoms with Crippen LogP contribution in [0.15, 0.2) is 36.4 Å². The second-order valence-corrected chi connectivity index (χ2v) is 7.92. The zero-order valence-corrected chi connectivity index (χ0v) is 15.4. The molecule has 1 aliphatic heterocycles. The number of carbonyl (C=O) groups excluding carboxylic acids is 1. The SMILES string of the molecule is Cc1ccc(C2CCCN2CC(=O)NCCc2ccccc2C)s1. The highest BCUT2D eigenvalue weighted by atomic mass is 32.1. The summed E-state index contributed by atoms with van der Waals surface area (Å²) in [4.78, 5) is 17.4. The topological polar surface area (TPSA) is 32.3 Å². The molecule has 2 aromatic rings. The lowest BCUT2D eigenvalue weighted by molar-refractivity contribution is -0.122. The predicted molar refractivity (Wildman–Crippen MR) is 100 cm³/mol. The van der Waals surface area contributed by atoms with Gasteiger partial charge >= 0.3 is 0 Å². The number of benzene rings is 1. The van der Waals surface area contributed by atoms with E-state index < -0.39 is 0 Å². The van der Waals surface area contributed by atoms with E-state index in [-0.39, 0.29) is 5.91 Å². The summed E-state index contributed by atoms with van der Waals surface area (Å²) in [6.07, 6.45) is 3.24. The molecule has 1 saturated heterocycles. The molecule has 0 spiro atoms. The Kier molecular flexibility index (Phi) is 5.69. The fourth-order valence-electron chi connectivity index (χ4n) is 3.44. The van der Waals surface area contributed by atoms with Gasteiger partial charge in [0.15, 0.2) is 0 Å². The lowest BCUT2D eigenvalue weighted by Crippen LogP contribution is -2.37. The molecule has 24 heavy (non-hydrogen) atoms. The van der Waals surface area contributed by atoms with Gasteiger partial charge in [0.1, 0.15) is 0 Å². The van der Waals surface area contributed by atoms with Crippen LogP contribution in [-0.4, -0.2) is 30.4 Å². The first-order valence-corrected chi connectivity index (χ1v) is 9.57. The van der Waals surface area contributed by atoms with Crippen molar-refractivity contribution in [1.82, 2.24) is 10.2 Å². The molecule has 1 fully saturated rings. The van der Waals surface area contributed by atoms with Crippen molar-refractivity contribution in [1.29, 1.82) is 0 Å². The van der Waals surface area contributed by atoms with Gasteiger partial charge in [-0.05, 0) is 62.9 Å². The number of likely N-dealkylation sites (tertiary alicyclic amines) is 1. The van der Waals surface area contributed by atoms with Crippen LogP contribution in [-0.2, 0) is 11.2 Å². The fourth-order valence-corrected chi connectivity index (χ4v) is 4.48. The number of carbonyl (C=O) groups is 1. The molecule has 0 bridgehead atoms. The van der Waals surface area contributed by atoms with Crippen LogP contribution in [0, 0.1) is 13.8 Å². The van der Waals surface area contributed by atoms with Gasteiger partial charge in [0.05, 0.1) is 6.54 Å². The molecule has 1 atom stereocenters. The van der Waals surface area contributed by atoms with Crippen LogP contribution in [0.2, 0.25) is 0 Å². The Morgan fingerprint density at radius 3 is 2.83 bits per heavy atom. The predicted octanol–water partition coefficient (Wildman–Crippen LogP) is 3.86. The summed E-state index contributed by atoms with van der Waals surface area (Å²) in [5.74, 6) is 0.142. The monoisotopic (exact) mass is 342 g/mol. The van der Waals surface area contributed by atoms with E-state index in [1.165, 1.54) is 27.3 Å². The van der Waals surface area contributed by atoms with Gasteiger partial charge in [-0.25, -0.2) is 0 Å². The van der Waals surface area contributed by atoms with Crippen molar-refractivity contribution in [2.45, 2.75) is 39.2 Å². The molecule has 3 nitrogen and oxygen atoms in total. The van der Waals surface area contributed by atoms with E-state index in [1.807, 2.05) is 11.3 Å². The van der Waals surface area contributed by atoms with Crippen molar-refractivity contribution in [3.8, 4) is 0 Å². The van der Waals surface area contributed by atoms with Crippen LogP contribution in [0.4, 0.5) is 0 Å². The lowest BCUT2D eigenvalue weighted by atomic mass is 10.1. The average Bonchev–Trinajstić information content (AvgIpc) is 3.18. The largest absolute Gasteiger partial charge is 0.355 e. The number of thiophene rings is 1. The number of aryl methyl sites for hydroxylation is 2. The Morgan fingerprint density at radius 2 is 2.08 bits per heavy atom. The second kappa shape index (κ2) is 7.95. The average molecular weight is 343 g/mol. The Morgan fingerprint density at radius 1 is 1.25 bits per heavy atom. The van der Waals surface area contributed by atoms with Crippen LogP contribution in [0.5, 0.6) is 0 Å². The molecule has 2 heterocycles. The number of amides is 1. The Hall–Kier alpha value is -1.65. The van der Waals surface area contributed by atoms with Gasteiger partial charge in [0.2, 0.25) is 5.91 Å². The van der Waals surface area contributed by atoms with Crippen LogP contribution >= 0.6 is 11.3 Å². The van der Waals surface area contributed by atoms with Crippen molar-refractivity contribution in [2.24, 2.45) is 0 Å². The van der Waals surface area contributed by atoms with Crippen molar-refractivity contribution < 1.29 is 4.79 Å². The van der Waals surface area contributed by atoms with Crippen molar-refractivity contribution >= 4 is 17.2 Å². The molecule has 4 heteroatoms. The standard InChI is InChI=1S/C20H26N2OS/c1-15-6-3-4-7-17(15)11-12-21-20(23)14-22-13-5-8-18(22)19-10-9-16(2)24-19/h3-4,6-7,9-10,18H,5,8,11-14H2,1-2H3,(H,21,23). The molecule has 1 aliphatic rings. The molecule has 128 valence electrons. The Bertz CT molecular complexity index is 694. The van der Waals surface area contributed by atoms with E-state index in [4.69, 9.17) is 0 Å². The minimum absolute atomic E-state index is 0.142. The third kappa shape index (κ3) is 4.25. The van der Waals surface area contributed by atoms with Gasteiger partial charge < -0.3 is 5.32 Å². The number of nitrogens with zero attached hydrogens (tertiary/aromatic N) is 1. The van der Waals surface area contributed by atoms with Gasteiger partial charge in [-0.1, -0.05) is 24.3 Å². The number of nitrogens with one attached hydrogen (secondary N) is 1. The van der Waals surface area contributed by atoms with Gasteiger partial charge in [0, 0.05) is 22.3 Å². The molecular formula is C20H26N2OS. The molecule has 0 radical (unpaired) electrons. The maximum Gasteiger partial charge on any atom is 0.234 e. The van der Waals surface area contributed by atoms with Crippen molar-refractivity contribution in [2.75, 3.05) is 19.6 Å². The molecule has 0 saturated carbocycles. The van der Waals surface area contributed by atoms with E-state index in [9.17, 15) is 4.79 Å². The van der Waals surface area contributed by atoms with Gasteiger partial charge in [-0.2, -0.15) is 0 Å². The van der Waals surface area contributed by atoms with E-state index in [1.54, 1.807) is 0 Å². The summed E-state index contributed by atoms with van der Waals surface area (Å²) in [5.41, 5.74) is 2.60. The summed E-state index contributed by atoms with van der Waals surface area (Å²) in [6.45, 7) is 6.50. The third-order valence-electron chi connectivity index (χ3n) is 4.78. The first-order valence-electron chi connectivity index (χ1n) is 8.75. The van der Waals surface area contributed by atoms with E-state index >= 15 is 0 Å². The summed E-state index contributed by atoms with van der Waals surface area (Å²) < 4.78 is 0. The number of rotatable bonds is 6. The highest BCUT2D eigenvalue weighted by Crippen LogP contribution is 2.35. The number of hydrogen-bond acceptors (Lipinski definition) is 3. The summed E-state index contributed by atoms with van der Waals surface area (Å²) in [5, 5.41) is 3.09. The zero-order valence-electron chi connectivity index (χ0n) is 14.5. The van der Waals surface area contributed by atoms with E-state index in [0.29, 0.717) is 19.1 Å². The highest BCUT2D eigenvalue weighted by Gasteiger charge is 2.28. The second-order valence-electron chi connectivity index (χ2n) is 6.60. The molecule has 1 aromatic carbocycles. The van der Waals surface area contributed by atoms with E-state index in [2.05, 4.69) is 60.5 Å². The minimum Gasteiger partial charge on any atom is -0.355 e. The molecule has 3 rings (SSSR count). The smallest absolute Gasteiger partial charge is 0.234 e. The maximum absolute atomic E-state index is 12.3. The van der Waals surface area contributed by atoms with Crippen molar-refractivity contribution in [3.05, 3.63) is 57.3 Å². The molecule has 1 amide bonds. The molecule has 1 aromatic heterocycles. The van der Waals surface area contributed by atoms with Gasteiger partial charge in [0.25, 0.3) is 0 Å². The molecular weight excluding hydrogens is 316 g/mol. The first kappa shape index (κ1) is 17.2. The van der Waals surface area contributed by atoms with Gasteiger partial charge in [-0.15, -0.1) is 11.3 Å². The lowest BCUT2D eigenvalue weighted by Gasteiger charge is -2.23. The normalized spacial score (nSPS) is 18.0. The van der Waals surface area contributed by atoms with Crippen LogP contribution < -0.4 is 5.32 Å². The Balaban J connectivity index is 1.48. The summed E-state index contributed by atoms with van der Waals surface area (Å²) >= 11 is 1.86. The zero-order chi connectivity index (χ0) is 16.9. The van der Waals surface area contributed by atoms with Gasteiger partial charge in [-0.3, -0.25) is 9.69 Å². The Labute approximate surface area is 148 Å². The third-order valence-corrected chi connectivity index (χ3v) is 5.88. The van der Waals surface area contributed by atoms with Crippen LogP contribution in [0.25, 0.3) is 0 Å². The minimum atomic E-state index is 0.142. The molecule has 0 aliphatic carbocycles. The quantitative estimate of drug-likeness (QED) is 0.864. The maximum atomic E-state index is 12.3. The summed E-state index contributed by atoms with van der Waals surface area (Å²) in [7, 11) is 0. The van der Waals surface area contributed by atoms with Crippen LogP contribution in [0.1, 0.15) is 39.8 Å².